The number of ether oxygens (including phenoxy) is 1. The van der Waals surface area contributed by atoms with Gasteiger partial charge in [-0.15, -0.1) is 0 Å². The van der Waals surface area contributed by atoms with E-state index in [4.69, 9.17) is 4.74 Å². The van der Waals surface area contributed by atoms with Crippen molar-refractivity contribution in [3.05, 3.63) is 48.5 Å². The largest absolute Gasteiger partial charge is 0.478 e. The van der Waals surface area contributed by atoms with Crippen LogP contribution in [0.4, 0.5) is 0 Å². The summed E-state index contributed by atoms with van der Waals surface area (Å²) in [6.07, 6.45) is 0. The molecular weight excluding hydrogens is 217 g/mol. The third-order valence-corrected chi connectivity index (χ3v) is 3.22. The molecule has 16 heavy (non-hydrogen) atoms. The number of pyridine rings is 1. The first-order valence-corrected chi connectivity index (χ1v) is 6.30. The lowest BCUT2D eigenvalue weighted by molar-refractivity contribution is 0.328. The molecule has 0 aliphatic heterocycles. The van der Waals surface area contributed by atoms with Gasteiger partial charge in [0.1, 0.15) is 0 Å². The minimum atomic E-state index is 0.586. The Hall–Kier alpha value is -1.40. The molecule has 2 aromatic rings. The number of hydrogen-bond acceptors (Lipinski definition) is 2. The summed E-state index contributed by atoms with van der Waals surface area (Å²) < 4.78 is 5.38. The second-order valence-corrected chi connectivity index (χ2v) is 4.62. The van der Waals surface area contributed by atoms with Crippen molar-refractivity contribution in [3.63, 3.8) is 0 Å². The molecule has 0 saturated carbocycles. The van der Waals surface area contributed by atoms with Gasteiger partial charge >= 0.3 is 0 Å². The van der Waals surface area contributed by atoms with Gasteiger partial charge in [0.2, 0.25) is 5.88 Å². The van der Waals surface area contributed by atoms with Crippen LogP contribution in [0.5, 0.6) is 5.88 Å². The van der Waals surface area contributed by atoms with Crippen LogP contribution in [0.2, 0.25) is 0 Å². The maximum atomic E-state index is 5.38. The third-order valence-electron chi connectivity index (χ3n) is 2.06. The SMILES string of the molecule is CCOc1cccc(Pc2ccccc2)n1. The highest BCUT2D eigenvalue weighted by Gasteiger charge is 1.99. The molecule has 2 rings (SSSR count). The lowest BCUT2D eigenvalue weighted by Gasteiger charge is -2.04. The maximum absolute atomic E-state index is 5.38. The van der Waals surface area contributed by atoms with Crippen molar-refractivity contribution in [1.82, 2.24) is 4.98 Å². The first-order chi connectivity index (χ1) is 7.88. The lowest BCUT2D eigenvalue weighted by atomic mass is 10.4. The van der Waals surface area contributed by atoms with Gasteiger partial charge in [0.25, 0.3) is 0 Å². The Morgan fingerprint density at radius 2 is 1.88 bits per heavy atom. The van der Waals surface area contributed by atoms with Gasteiger partial charge in [-0.1, -0.05) is 36.4 Å². The van der Waals surface area contributed by atoms with Crippen molar-refractivity contribution in [1.29, 1.82) is 0 Å². The summed E-state index contributed by atoms with van der Waals surface area (Å²) in [6.45, 7) is 2.62. The van der Waals surface area contributed by atoms with E-state index in [1.807, 2.05) is 31.2 Å². The Morgan fingerprint density at radius 3 is 2.62 bits per heavy atom. The van der Waals surface area contributed by atoms with Crippen LogP contribution >= 0.6 is 8.58 Å². The summed E-state index contributed by atoms with van der Waals surface area (Å²) in [4.78, 5) is 4.45. The molecule has 1 heterocycles. The zero-order valence-corrected chi connectivity index (χ0v) is 10.2. The van der Waals surface area contributed by atoms with E-state index in [1.54, 1.807) is 0 Å². The van der Waals surface area contributed by atoms with Gasteiger partial charge in [0, 0.05) is 6.07 Å². The molecule has 0 fully saturated rings. The molecule has 1 aromatic carbocycles. The summed E-state index contributed by atoms with van der Waals surface area (Å²) in [5, 5.41) is 1.30. The molecule has 0 radical (unpaired) electrons. The molecule has 0 N–H and O–H groups in total. The molecule has 0 spiro atoms. The van der Waals surface area contributed by atoms with Crippen molar-refractivity contribution < 1.29 is 4.74 Å². The molecule has 0 amide bonds. The molecule has 1 unspecified atom stereocenters. The van der Waals surface area contributed by atoms with Crippen molar-refractivity contribution in [2.24, 2.45) is 0 Å². The van der Waals surface area contributed by atoms with Crippen LogP contribution in [0.25, 0.3) is 0 Å². The highest BCUT2D eigenvalue weighted by molar-refractivity contribution is 7.55. The molecule has 1 aromatic heterocycles. The molecule has 0 saturated heterocycles. The third kappa shape index (κ3) is 3.04. The first-order valence-electron chi connectivity index (χ1n) is 5.30. The Labute approximate surface area is 97.5 Å². The fourth-order valence-corrected chi connectivity index (χ4v) is 2.38. The fraction of sp³-hybridized carbons (Fsp3) is 0.154. The van der Waals surface area contributed by atoms with Crippen LogP contribution < -0.4 is 15.5 Å². The smallest absolute Gasteiger partial charge is 0.213 e. The van der Waals surface area contributed by atoms with Gasteiger partial charge < -0.3 is 4.74 Å². The van der Waals surface area contributed by atoms with Gasteiger partial charge in [0.05, 0.1) is 12.0 Å². The monoisotopic (exact) mass is 231 g/mol. The molecular formula is C13H14NOP. The summed E-state index contributed by atoms with van der Waals surface area (Å²) >= 11 is 0. The second kappa shape index (κ2) is 5.62. The highest BCUT2D eigenvalue weighted by atomic mass is 31.1. The zero-order valence-electron chi connectivity index (χ0n) is 9.18. The molecule has 3 heteroatoms. The number of aromatic nitrogens is 1. The molecule has 2 nitrogen and oxygen atoms in total. The van der Waals surface area contributed by atoms with Gasteiger partial charge in [-0.2, -0.15) is 0 Å². The summed E-state index contributed by atoms with van der Waals surface area (Å²) in [5.41, 5.74) is 1.07. The molecule has 82 valence electrons. The predicted octanol–water partition coefficient (Wildman–Crippen LogP) is 2.11. The van der Waals surface area contributed by atoms with E-state index < -0.39 is 0 Å². The van der Waals surface area contributed by atoms with E-state index in [0.29, 0.717) is 21.1 Å². The molecule has 0 bridgehead atoms. The second-order valence-electron chi connectivity index (χ2n) is 3.29. The van der Waals surface area contributed by atoms with Crippen molar-refractivity contribution in [2.45, 2.75) is 6.92 Å². The van der Waals surface area contributed by atoms with Gasteiger partial charge in [-0.25, -0.2) is 4.98 Å². The predicted molar refractivity (Wildman–Crippen MR) is 69.4 cm³/mol. The van der Waals surface area contributed by atoms with Crippen LogP contribution in [0.1, 0.15) is 6.92 Å². The molecule has 0 aliphatic rings. The minimum Gasteiger partial charge on any atom is -0.478 e. The van der Waals surface area contributed by atoms with Crippen molar-refractivity contribution in [2.75, 3.05) is 6.61 Å². The van der Waals surface area contributed by atoms with Crippen LogP contribution in [0, 0.1) is 0 Å². The molecule has 1 atom stereocenters. The average molecular weight is 231 g/mol. The lowest BCUT2D eigenvalue weighted by Crippen LogP contribution is -2.08. The van der Waals surface area contributed by atoms with Gasteiger partial charge in [-0.05, 0) is 26.9 Å². The summed E-state index contributed by atoms with van der Waals surface area (Å²) in [6, 6.07) is 16.3. The highest BCUT2D eigenvalue weighted by Crippen LogP contribution is 2.11. The Bertz CT molecular complexity index is 445. The van der Waals surface area contributed by atoms with E-state index in [9.17, 15) is 0 Å². The maximum Gasteiger partial charge on any atom is 0.213 e. The normalized spacial score (nSPS) is 10.8. The fourth-order valence-electron chi connectivity index (χ4n) is 1.38. The number of rotatable bonds is 4. The van der Waals surface area contributed by atoms with Crippen LogP contribution in [-0.4, -0.2) is 11.6 Å². The van der Waals surface area contributed by atoms with E-state index >= 15 is 0 Å². The number of nitrogens with zero attached hydrogens (tertiary/aromatic N) is 1. The minimum absolute atomic E-state index is 0.586. The standard InChI is InChI=1S/C13H14NOP/c1-2-15-12-9-6-10-13(14-12)16-11-7-4-3-5-8-11/h3-10,16H,2H2,1H3. The van der Waals surface area contributed by atoms with E-state index in [-0.39, 0.29) is 0 Å². The average Bonchev–Trinajstić information content (AvgIpc) is 2.31. The zero-order chi connectivity index (χ0) is 11.2. The van der Waals surface area contributed by atoms with E-state index in [2.05, 4.69) is 29.2 Å². The Morgan fingerprint density at radius 1 is 1.06 bits per heavy atom. The number of hydrogen-bond donors (Lipinski definition) is 0. The summed E-state index contributed by atoms with van der Waals surface area (Å²) in [7, 11) is 0.586. The van der Waals surface area contributed by atoms with Crippen molar-refractivity contribution in [3.8, 4) is 5.88 Å². The van der Waals surface area contributed by atoms with Crippen LogP contribution in [0.3, 0.4) is 0 Å². The Kier molecular flexibility index (Phi) is 3.90. The van der Waals surface area contributed by atoms with Crippen LogP contribution in [-0.2, 0) is 0 Å². The van der Waals surface area contributed by atoms with Gasteiger partial charge in [0.15, 0.2) is 0 Å². The van der Waals surface area contributed by atoms with E-state index in [0.717, 1.165) is 5.44 Å². The van der Waals surface area contributed by atoms with E-state index in [1.165, 1.54) is 5.30 Å². The topological polar surface area (TPSA) is 22.1 Å². The van der Waals surface area contributed by atoms with Crippen molar-refractivity contribution >= 4 is 19.3 Å². The molecule has 0 aliphatic carbocycles. The quantitative estimate of drug-likeness (QED) is 0.752. The first kappa shape index (κ1) is 11.1. The van der Waals surface area contributed by atoms with Gasteiger partial charge in [-0.3, -0.25) is 0 Å². The number of benzene rings is 1. The Balaban J connectivity index is 2.12. The van der Waals surface area contributed by atoms with Crippen LogP contribution in [0.15, 0.2) is 48.5 Å². The summed E-state index contributed by atoms with van der Waals surface area (Å²) in [5.74, 6) is 0.712.